The summed E-state index contributed by atoms with van der Waals surface area (Å²) in [5.74, 6) is -7.31. The number of hydrogen-bond acceptors (Lipinski definition) is 3. The largest absolute Gasteiger partial charge is 0.314 e. The van der Waals surface area contributed by atoms with Crippen LogP contribution >= 0.6 is 0 Å². The molecular weight excluding hydrogens is 300 g/mol. The molecule has 0 aliphatic carbocycles. The summed E-state index contributed by atoms with van der Waals surface area (Å²) in [6.07, 6.45) is 0. The second-order valence-corrected chi connectivity index (χ2v) is 6.29. The summed E-state index contributed by atoms with van der Waals surface area (Å²) in [4.78, 5) is -1.58. The minimum Gasteiger partial charge on any atom is -0.314 e. The second kappa shape index (κ2) is 5.30. The van der Waals surface area contributed by atoms with E-state index in [2.05, 4.69) is 5.32 Å². The first-order chi connectivity index (χ1) is 9.26. The van der Waals surface area contributed by atoms with Crippen LogP contribution in [0.2, 0.25) is 0 Å². The van der Waals surface area contributed by atoms with Crippen molar-refractivity contribution in [1.29, 1.82) is 0 Å². The molecule has 1 N–H and O–H groups in total. The lowest BCUT2D eigenvalue weighted by molar-refractivity contribution is 0.280. The van der Waals surface area contributed by atoms with Crippen LogP contribution in [0.15, 0.2) is 11.0 Å². The fourth-order valence-corrected chi connectivity index (χ4v) is 3.84. The summed E-state index contributed by atoms with van der Waals surface area (Å²) in [5.41, 5.74) is 0. The molecule has 9 heteroatoms. The molecule has 0 amide bonds. The van der Waals surface area contributed by atoms with Crippen LogP contribution < -0.4 is 5.32 Å². The maximum atomic E-state index is 13.6. The van der Waals surface area contributed by atoms with Crippen molar-refractivity contribution < 1.29 is 26.0 Å². The van der Waals surface area contributed by atoms with Gasteiger partial charge in [0, 0.05) is 31.7 Å². The first kappa shape index (κ1) is 15.2. The van der Waals surface area contributed by atoms with Crippen molar-refractivity contribution in [2.75, 3.05) is 19.6 Å². The van der Waals surface area contributed by atoms with Gasteiger partial charge in [-0.25, -0.2) is 26.0 Å². The number of hydrogen-bond donors (Lipinski definition) is 1. The Morgan fingerprint density at radius 1 is 1.20 bits per heavy atom. The molecule has 1 aliphatic heterocycles. The van der Waals surface area contributed by atoms with Crippen LogP contribution in [0.4, 0.5) is 17.6 Å². The van der Waals surface area contributed by atoms with E-state index in [1.807, 2.05) is 0 Å². The molecule has 20 heavy (non-hydrogen) atoms. The number of halogens is 4. The molecule has 0 spiro atoms. The molecule has 0 bridgehead atoms. The molecule has 1 aromatic rings. The van der Waals surface area contributed by atoms with E-state index in [4.69, 9.17) is 0 Å². The Morgan fingerprint density at radius 3 is 2.25 bits per heavy atom. The summed E-state index contributed by atoms with van der Waals surface area (Å²) in [5, 5.41) is 2.90. The molecule has 0 aromatic heterocycles. The van der Waals surface area contributed by atoms with Crippen LogP contribution in [0.3, 0.4) is 0 Å². The fourth-order valence-electron chi connectivity index (χ4n) is 2.07. The Morgan fingerprint density at radius 2 is 1.75 bits per heavy atom. The molecule has 1 saturated heterocycles. The Labute approximate surface area is 113 Å². The quantitative estimate of drug-likeness (QED) is 0.660. The molecule has 1 aliphatic rings. The van der Waals surface area contributed by atoms with Crippen molar-refractivity contribution in [3.8, 4) is 0 Å². The summed E-state index contributed by atoms with van der Waals surface area (Å²) >= 11 is 0. The van der Waals surface area contributed by atoms with E-state index in [0.717, 1.165) is 4.31 Å². The van der Waals surface area contributed by atoms with Gasteiger partial charge in [0.1, 0.15) is 0 Å². The lowest BCUT2D eigenvalue weighted by Crippen LogP contribution is -2.52. The third-order valence-electron chi connectivity index (χ3n) is 3.08. The highest BCUT2D eigenvalue weighted by atomic mass is 32.2. The molecule has 0 radical (unpaired) electrons. The van der Waals surface area contributed by atoms with E-state index in [0.29, 0.717) is 0 Å². The van der Waals surface area contributed by atoms with Gasteiger partial charge in [-0.2, -0.15) is 4.31 Å². The van der Waals surface area contributed by atoms with Crippen LogP contribution in [-0.4, -0.2) is 38.4 Å². The number of sulfonamides is 1. The van der Waals surface area contributed by atoms with Crippen molar-refractivity contribution in [1.82, 2.24) is 9.62 Å². The Hall–Kier alpha value is -1.19. The molecule has 4 nitrogen and oxygen atoms in total. The van der Waals surface area contributed by atoms with E-state index in [1.54, 1.807) is 0 Å². The molecule has 1 fully saturated rings. The average Bonchev–Trinajstić information content (AvgIpc) is 2.36. The van der Waals surface area contributed by atoms with E-state index in [-0.39, 0.29) is 25.7 Å². The zero-order valence-corrected chi connectivity index (χ0v) is 11.3. The smallest absolute Gasteiger partial charge is 0.249 e. The second-order valence-electron chi connectivity index (χ2n) is 4.47. The van der Waals surface area contributed by atoms with Gasteiger partial charge in [0.2, 0.25) is 10.0 Å². The number of nitrogens with zero attached hydrogens (tertiary/aromatic N) is 1. The minimum atomic E-state index is -4.65. The number of rotatable bonds is 2. The third kappa shape index (κ3) is 2.40. The zero-order chi connectivity index (χ0) is 15.1. The predicted molar refractivity (Wildman–Crippen MR) is 62.5 cm³/mol. The topological polar surface area (TPSA) is 49.4 Å². The number of benzene rings is 1. The molecule has 0 unspecified atom stereocenters. The molecule has 1 aromatic carbocycles. The van der Waals surface area contributed by atoms with Crippen molar-refractivity contribution >= 4 is 10.0 Å². The van der Waals surface area contributed by atoms with Gasteiger partial charge in [0.05, 0.1) is 0 Å². The van der Waals surface area contributed by atoms with Crippen LogP contribution in [-0.2, 0) is 10.0 Å². The molecule has 0 saturated carbocycles. The highest BCUT2D eigenvalue weighted by Gasteiger charge is 2.37. The van der Waals surface area contributed by atoms with Crippen LogP contribution in [0.1, 0.15) is 6.92 Å². The summed E-state index contributed by atoms with van der Waals surface area (Å²) in [6.45, 7) is 2.04. The van der Waals surface area contributed by atoms with Gasteiger partial charge in [-0.05, 0) is 6.92 Å². The highest BCUT2D eigenvalue weighted by molar-refractivity contribution is 7.89. The van der Waals surface area contributed by atoms with Gasteiger partial charge >= 0.3 is 0 Å². The van der Waals surface area contributed by atoms with Crippen LogP contribution in [0.25, 0.3) is 0 Å². The molecule has 2 rings (SSSR count). The summed E-state index contributed by atoms with van der Waals surface area (Å²) in [6, 6.07) is -0.607. The first-order valence-corrected chi connectivity index (χ1v) is 7.26. The monoisotopic (exact) mass is 312 g/mol. The molecule has 1 atom stereocenters. The van der Waals surface area contributed by atoms with Crippen molar-refractivity contribution in [2.24, 2.45) is 0 Å². The van der Waals surface area contributed by atoms with Crippen molar-refractivity contribution in [3.63, 3.8) is 0 Å². The Kier molecular flexibility index (Phi) is 4.03. The predicted octanol–water partition coefficient (Wildman–Crippen LogP) is 1.23. The van der Waals surface area contributed by atoms with Crippen molar-refractivity contribution in [2.45, 2.75) is 17.9 Å². The van der Waals surface area contributed by atoms with E-state index in [1.165, 1.54) is 6.92 Å². The maximum absolute atomic E-state index is 13.6. The van der Waals surface area contributed by atoms with Gasteiger partial charge in [-0.1, -0.05) is 0 Å². The lowest BCUT2D eigenvalue weighted by Gasteiger charge is -2.32. The zero-order valence-electron chi connectivity index (χ0n) is 10.5. The Bertz CT molecular complexity index is 610. The normalized spacial score (nSPS) is 21.1. The van der Waals surface area contributed by atoms with E-state index < -0.39 is 44.2 Å². The van der Waals surface area contributed by atoms with Gasteiger partial charge in [0.25, 0.3) is 0 Å². The SMILES string of the molecule is C[C@H]1CNCCN1S(=O)(=O)c1c(F)c(F)cc(F)c1F. The van der Waals surface area contributed by atoms with Gasteiger partial charge in [0.15, 0.2) is 28.2 Å². The van der Waals surface area contributed by atoms with Gasteiger partial charge < -0.3 is 5.32 Å². The fraction of sp³-hybridized carbons (Fsp3) is 0.455. The minimum absolute atomic E-state index is 0.0229. The maximum Gasteiger partial charge on any atom is 0.249 e. The lowest BCUT2D eigenvalue weighted by atomic mass is 10.3. The highest BCUT2D eigenvalue weighted by Crippen LogP contribution is 2.28. The van der Waals surface area contributed by atoms with Gasteiger partial charge in [-0.15, -0.1) is 0 Å². The van der Waals surface area contributed by atoms with Crippen LogP contribution in [0.5, 0.6) is 0 Å². The van der Waals surface area contributed by atoms with E-state index in [9.17, 15) is 26.0 Å². The van der Waals surface area contributed by atoms with Crippen molar-refractivity contribution in [3.05, 3.63) is 29.3 Å². The van der Waals surface area contributed by atoms with E-state index >= 15 is 0 Å². The standard InChI is InChI=1S/C11H12F4N2O2S/c1-6-5-16-2-3-17(6)20(18,19)11-9(14)7(12)4-8(13)10(11)15/h4,6,16H,2-3,5H2,1H3/t6-/m0/s1. The molecule has 112 valence electrons. The van der Waals surface area contributed by atoms with Crippen LogP contribution in [0, 0.1) is 23.3 Å². The number of nitrogens with one attached hydrogen (secondary N) is 1. The van der Waals surface area contributed by atoms with Gasteiger partial charge in [-0.3, -0.25) is 0 Å². The summed E-state index contributed by atoms with van der Waals surface area (Å²) in [7, 11) is -4.65. The Balaban J connectivity index is 2.60. The average molecular weight is 312 g/mol. The molecular formula is C11H12F4N2O2S. The third-order valence-corrected chi connectivity index (χ3v) is 5.11. The molecule has 1 heterocycles. The first-order valence-electron chi connectivity index (χ1n) is 5.82. The summed E-state index contributed by atoms with van der Waals surface area (Å²) < 4.78 is 78.8. The number of piperazine rings is 1.